The summed E-state index contributed by atoms with van der Waals surface area (Å²) in [4.78, 5) is 28.1. The Morgan fingerprint density at radius 1 is 1.32 bits per heavy atom. The summed E-state index contributed by atoms with van der Waals surface area (Å²) in [5.41, 5.74) is 0.738. The standard InChI is InChI=1S/C12H11N3O4/c16-10(17)9-6-13-11(14-9)15-12(18)19-7-8-4-2-1-3-5-8/h1-6H,7H2,(H,16,17)(H2,13,14,15,18). The van der Waals surface area contributed by atoms with Gasteiger partial charge in [-0.15, -0.1) is 0 Å². The Morgan fingerprint density at radius 2 is 2.05 bits per heavy atom. The van der Waals surface area contributed by atoms with E-state index in [1.165, 1.54) is 0 Å². The van der Waals surface area contributed by atoms with Gasteiger partial charge in [0.25, 0.3) is 0 Å². The summed E-state index contributed by atoms with van der Waals surface area (Å²) in [6, 6.07) is 9.18. The summed E-state index contributed by atoms with van der Waals surface area (Å²) in [6.07, 6.45) is 0.393. The van der Waals surface area contributed by atoms with Gasteiger partial charge in [-0.05, 0) is 5.56 Å². The number of amides is 1. The van der Waals surface area contributed by atoms with Crippen LogP contribution in [0.25, 0.3) is 0 Å². The molecule has 1 aromatic heterocycles. The van der Waals surface area contributed by atoms with Crippen LogP contribution in [0.2, 0.25) is 0 Å². The smallest absolute Gasteiger partial charge is 0.414 e. The lowest BCUT2D eigenvalue weighted by molar-refractivity contribution is 0.0691. The van der Waals surface area contributed by atoms with Gasteiger partial charge in [-0.1, -0.05) is 30.3 Å². The SMILES string of the molecule is O=C(Nc1ncc(C(=O)O)[nH]1)OCc1ccccc1. The van der Waals surface area contributed by atoms with Crippen LogP contribution in [0, 0.1) is 0 Å². The lowest BCUT2D eigenvalue weighted by Crippen LogP contribution is -2.14. The van der Waals surface area contributed by atoms with Crippen molar-refractivity contribution in [1.82, 2.24) is 9.97 Å². The number of ether oxygens (including phenoxy) is 1. The third-order valence-corrected chi connectivity index (χ3v) is 2.24. The minimum atomic E-state index is -1.15. The number of aromatic amines is 1. The Balaban J connectivity index is 1.85. The molecular formula is C12H11N3O4. The topological polar surface area (TPSA) is 104 Å². The van der Waals surface area contributed by atoms with Gasteiger partial charge in [0.05, 0.1) is 6.20 Å². The van der Waals surface area contributed by atoms with Gasteiger partial charge >= 0.3 is 12.1 Å². The summed E-state index contributed by atoms with van der Waals surface area (Å²) >= 11 is 0. The number of H-pyrrole nitrogens is 1. The number of aromatic carboxylic acids is 1. The van der Waals surface area contributed by atoms with E-state index in [1.54, 1.807) is 0 Å². The molecule has 0 unspecified atom stereocenters. The number of hydrogen-bond acceptors (Lipinski definition) is 4. The molecule has 19 heavy (non-hydrogen) atoms. The van der Waals surface area contributed by atoms with Gasteiger partial charge in [-0.25, -0.2) is 14.6 Å². The van der Waals surface area contributed by atoms with Gasteiger partial charge in [0.2, 0.25) is 5.95 Å². The van der Waals surface area contributed by atoms with Crippen LogP contribution in [-0.2, 0) is 11.3 Å². The maximum Gasteiger partial charge on any atom is 0.414 e. The van der Waals surface area contributed by atoms with Crippen molar-refractivity contribution in [3.8, 4) is 0 Å². The zero-order chi connectivity index (χ0) is 13.7. The Hall–Kier alpha value is -2.83. The number of imidazole rings is 1. The molecular weight excluding hydrogens is 250 g/mol. The first-order chi connectivity index (χ1) is 9.15. The predicted octanol–water partition coefficient (Wildman–Crippen LogP) is 1.86. The van der Waals surface area contributed by atoms with E-state index in [0.29, 0.717) is 0 Å². The van der Waals surface area contributed by atoms with Crippen LogP contribution in [0.1, 0.15) is 16.1 Å². The molecule has 0 spiro atoms. The third kappa shape index (κ3) is 3.56. The van der Waals surface area contributed by atoms with Crippen molar-refractivity contribution in [1.29, 1.82) is 0 Å². The van der Waals surface area contributed by atoms with Crippen molar-refractivity contribution in [2.75, 3.05) is 5.32 Å². The highest BCUT2D eigenvalue weighted by Gasteiger charge is 2.10. The first-order valence-electron chi connectivity index (χ1n) is 5.41. The number of nitrogens with one attached hydrogen (secondary N) is 2. The van der Waals surface area contributed by atoms with E-state index >= 15 is 0 Å². The predicted molar refractivity (Wildman–Crippen MR) is 65.8 cm³/mol. The normalized spacial score (nSPS) is 9.89. The van der Waals surface area contributed by atoms with Crippen LogP contribution in [0.15, 0.2) is 36.5 Å². The van der Waals surface area contributed by atoms with Crippen LogP contribution in [0.4, 0.5) is 10.7 Å². The highest BCUT2D eigenvalue weighted by molar-refractivity contribution is 5.87. The number of carboxylic acid groups (broad SMARTS) is 1. The van der Waals surface area contributed by atoms with E-state index in [9.17, 15) is 9.59 Å². The summed E-state index contributed by atoms with van der Waals surface area (Å²) < 4.78 is 4.94. The fourth-order valence-corrected chi connectivity index (χ4v) is 1.35. The molecule has 7 heteroatoms. The monoisotopic (exact) mass is 261 g/mol. The van der Waals surface area contributed by atoms with Crippen molar-refractivity contribution in [3.63, 3.8) is 0 Å². The minimum Gasteiger partial charge on any atom is -0.477 e. The van der Waals surface area contributed by atoms with Gasteiger partial charge < -0.3 is 14.8 Å². The first-order valence-corrected chi connectivity index (χ1v) is 5.41. The van der Waals surface area contributed by atoms with E-state index < -0.39 is 12.1 Å². The molecule has 2 rings (SSSR count). The summed E-state index contributed by atoms with van der Waals surface area (Å²) in [5, 5.41) is 11.0. The average Bonchev–Trinajstić information content (AvgIpc) is 2.86. The van der Waals surface area contributed by atoms with Crippen LogP contribution >= 0.6 is 0 Å². The van der Waals surface area contributed by atoms with E-state index in [-0.39, 0.29) is 18.2 Å². The van der Waals surface area contributed by atoms with Gasteiger partial charge in [-0.2, -0.15) is 0 Å². The Kier molecular flexibility index (Phi) is 3.77. The first kappa shape index (κ1) is 12.6. The highest BCUT2D eigenvalue weighted by atomic mass is 16.5. The van der Waals surface area contributed by atoms with Crippen molar-refractivity contribution >= 4 is 18.0 Å². The van der Waals surface area contributed by atoms with Crippen molar-refractivity contribution in [2.45, 2.75) is 6.61 Å². The molecule has 0 atom stereocenters. The number of benzene rings is 1. The van der Waals surface area contributed by atoms with E-state index in [4.69, 9.17) is 9.84 Å². The number of nitrogens with zero attached hydrogens (tertiary/aromatic N) is 1. The van der Waals surface area contributed by atoms with Crippen molar-refractivity contribution in [2.24, 2.45) is 0 Å². The van der Waals surface area contributed by atoms with Gasteiger partial charge in [-0.3, -0.25) is 5.32 Å². The molecule has 0 bridgehead atoms. The zero-order valence-corrected chi connectivity index (χ0v) is 9.79. The largest absolute Gasteiger partial charge is 0.477 e. The molecule has 1 aromatic carbocycles. The molecule has 1 amide bonds. The fourth-order valence-electron chi connectivity index (χ4n) is 1.35. The van der Waals surface area contributed by atoms with Crippen molar-refractivity contribution in [3.05, 3.63) is 47.8 Å². The summed E-state index contributed by atoms with van der Waals surface area (Å²) in [5.74, 6) is -1.13. The number of aromatic nitrogens is 2. The maximum absolute atomic E-state index is 11.4. The van der Waals surface area contributed by atoms with E-state index in [0.717, 1.165) is 11.8 Å². The quantitative estimate of drug-likeness (QED) is 0.779. The molecule has 1 heterocycles. The lowest BCUT2D eigenvalue weighted by atomic mass is 10.2. The molecule has 98 valence electrons. The molecule has 0 saturated carbocycles. The van der Waals surface area contributed by atoms with Gasteiger partial charge in [0, 0.05) is 0 Å². The Morgan fingerprint density at radius 3 is 2.68 bits per heavy atom. The van der Waals surface area contributed by atoms with Gasteiger partial charge in [0.1, 0.15) is 12.3 Å². The number of anilines is 1. The van der Waals surface area contributed by atoms with Crippen molar-refractivity contribution < 1.29 is 19.4 Å². The number of carbonyl (C=O) groups excluding carboxylic acids is 1. The fraction of sp³-hybridized carbons (Fsp3) is 0.0833. The molecule has 7 nitrogen and oxygen atoms in total. The number of rotatable bonds is 4. The molecule has 2 aromatic rings. The maximum atomic E-state index is 11.4. The second kappa shape index (κ2) is 5.67. The number of carbonyl (C=O) groups is 2. The van der Waals surface area contributed by atoms with Crippen LogP contribution in [0.5, 0.6) is 0 Å². The molecule has 0 radical (unpaired) electrons. The van der Waals surface area contributed by atoms with Crippen LogP contribution in [-0.4, -0.2) is 27.1 Å². The average molecular weight is 261 g/mol. The highest BCUT2D eigenvalue weighted by Crippen LogP contribution is 2.05. The van der Waals surface area contributed by atoms with Gasteiger partial charge in [0.15, 0.2) is 0 Å². The minimum absolute atomic E-state index is 0.0236. The molecule has 3 N–H and O–H groups in total. The Labute approximate surface area is 108 Å². The molecule has 0 fully saturated rings. The molecule has 0 aliphatic heterocycles. The third-order valence-electron chi connectivity index (χ3n) is 2.24. The van der Waals surface area contributed by atoms with E-state index in [1.807, 2.05) is 30.3 Å². The zero-order valence-electron chi connectivity index (χ0n) is 9.79. The van der Waals surface area contributed by atoms with Crippen LogP contribution in [0.3, 0.4) is 0 Å². The number of hydrogen-bond donors (Lipinski definition) is 3. The molecule has 0 aliphatic carbocycles. The summed E-state index contributed by atoms with van der Waals surface area (Å²) in [6.45, 7) is 0.124. The second-order valence-electron chi connectivity index (χ2n) is 3.64. The number of carboxylic acids is 1. The lowest BCUT2D eigenvalue weighted by Gasteiger charge is -2.04. The molecule has 0 saturated heterocycles. The molecule has 0 aliphatic rings. The second-order valence-corrected chi connectivity index (χ2v) is 3.64. The van der Waals surface area contributed by atoms with E-state index in [2.05, 4.69) is 15.3 Å². The van der Waals surface area contributed by atoms with Crippen LogP contribution < -0.4 is 5.32 Å². The Bertz CT molecular complexity index is 580. The summed E-state index contributed by atoms with van der Waals surface area (Å²) in [7, 11) is 0.